The van der Waals surface area contributed by atoms with Crippen LogP contribution in [0, 0.1) is 5.82 Å². The molecule has 212 valence electrons. The van der Waals surface area contributed by atoms with Crippen molar-refractivity contribution < 1.29 is 13.9 Å². The highest BCUT2D eigenvalue weighted by Gasteiger charge is 2.16. The average molecular weight is 564 g/mol. The molecule has 4 heterocycles. The summed E-state index contributed by atoms with van der Waals surface area (Å²) in [5, 5.41) is 12.3. The number of pyridine rings is 2. The number of rotatable bonds is 9. The normalized spacial score (nSPS) is 11.5. The highest BCUT2D eigenvalue weighted by Crippen LogP contribution is 2.36. The first-order valence-electron chi connectivity index (χ1n) is 13.7. The number of anilines is 1. The Hall–Kier alpha value is -5.09. The Morgan fingerprint density at radius 3 is 2.71 bits per heavy atom. The number of nitrogens with one attached hydrogen (secondary N) is 3. The topological polar surface area (TPSA) is 112 Å². The van der Waals surface area contributed by atoms with Gasteiger partial charge in [-0.05, 0) is 61.6 Å². The molecule has 0 aliphatic heterocycles. The number of benzene rings is 2. The van der Waals surface area contributed by atoms with Crippen LogP contribution < -0.4 is 10.1 Å². The minimum atomic E-state index is -0.355. The van der Waals surface area contributed by atoms with Gasteiger partial charge in [0.1, 0.15) is 23.9 Å². The zero-order valence-corrected chi connectivity index (χ0v) is 23.5. The van der Waals surface area contributed by atoms with Gasteiger partial charge < -0.3 is 19.9 Å². The molecule has 2 aromatic carbocycles. The van der Waals surface area contributed by atoms with E-state index in [0.29, 0.717) is 30.2 Å². The smallest absolute Gasteiger partial charge is 0.224 e. The molecule has 0 unspecified atom stereocenters. The molecule has 4 aromatic heterocycles. The third-order valence-electron chi connectivity index (χ3n) is 6.99. The van der Waals surface area contributed by atoms with E-state index in [1.54, 1.807) is 25.5 Å². The molecular formula is C32H30FN7O2. The molecule has 9 nitrogen and oxygen atoms in total. The molecule has 0 atom stereocenters. The summed E-state index contributed by atoms with van der Waals surface area (Å²) < 4.78 is 20.5. The quantitative estimate of drug-likeness (QED) is 0.191. The maximum absolute atomic E-state index is 14.6. The molecule has 0 bridgehead atoms. The molecule has 3 N–H and O–H groups in total. The van der Waals surface area contributed by atoms with E-state index in [-0.39, 0.29) is 11.7 Å². The molecule has 0 radical (unpaired) electrons. The average Bonchev–Trinajstić information content (AvgIpc) is 3.60. The fourth-order valence-corrected chi connectivity index (χ4v) is 4.86. The maximum Gasteiger partial charge on any atom is 0.224 e. The lowest BCUT2D eigenvalue weighted by Gasteiger charge is -2.12. The lowest BCUT2D eigenvalue weighted by Crippen LogP contribution is -2.19. The first-order valence-corrected chi connectivity index (χ1v) is 13.7. The van der Waals surface area contributed by atoms with E-state index in [1.165, 1.54) is 12.1 Å². The Bertz CT molecular complexity index is 1910. The first-order chi connectivity index (χ1) is 20.4. The van der Waals surface area contributed by atoms with Crippen LogP contribution in [0.2, 0.25) is 0 Å². The number of carbonyl (C=O) groups is 1. The Balaban J connectivity index is 1.36. The lowest BCUT2D eigenvalue weighted by atomic mass is 10.0. The van der Waals surface area contributed by atoms with Crippen LogP contribution in [0.3, 0.4) is 0 Å². The number of aromatic nitrogens is 5. The fraction of sp³-hybridized carbons (Fsp3) is 0.188. The number of hydrogen-bond donors (Lipinski definition) is 3. The van der Waals surface area contributed by atoms with Crippen LogP contribution in [0.25, 0.3) is 55.6 Å². The molecule has 0 saturated heterocycles. The molecule has 0 aliphatic rings. The van der Waals surface area contributed by atoms with Crippen molar-refractivity contribution in [1.29, 1.82) is 0 Å². The Morgan fingerprint density at radius 2 is 1.88 bits per heavy atom. The standard InChI is InChI=1S/C32H30FN7O2/c1-4-31(41)36-22-11-20(16-34-17-22)28-15-26-30(18-35-28)38-39-32(26)29-14-25-24(6-5-7-27(25)37-29)19-10-21(33)13-23(12-19)42-9-8-40(2)3/h5-7,10-18,37H,4,8-9H2,1-3H3,(H,36,41)(H,38,39). The van der Waals surface area contributed by atoms with Crippen LogP contribution in [-0.2, 0) is 4.79 Å². The summed E-state index contributed by atoms with van der Waals surface area (Å²) in [4.78, 5) is 26.2. The molecule has 1 amide bonds. The number of fused-ring (bicyclic) bond motifs is 2. The Morgan fingerprint density at radius 1 is 1.00 bits per heavy atom. The van der Waals surface area contributed by atoms with E-state index in [2.05, 4.69) is 30.5 Å². The summed E-state index contributed by atoms with van der Waals surface area (Å²) in [5.41, 5.74) is 6.90. The maximum atomic E-state index is 14.6. The Kier molecular flexibility index (Phi) is 7.37. The number of amides is 1. The van der Waals surface area contributed by atoms with Crippen molar-refractivity contribution in [1.82, 2.24) is 30.0 Å². The van der Waals surface area contributed by atoms with Crippen LogP contribution in [-0.4, -0.2) is 63.2 Å². The Labute approximate surface area is 241 Å². The second-order valence-electron chi connectivity index (χ2n) is 10.3. The first kappa shape index (κ1) is 27.1. The van der Waals surface area contributed by atoms with Crippen molar-refractivity contribution in [2.75, 3.05) is 32.6 Å². The second-order valence-corrected chi connectivity index (χ2v) is 10.3. The van der Waals surface area contributed by atoms with E-state index in [9.17, 15) is 9.18 Å². The van der Waals surface area contributed by atoms with Crippen LogP contribution >= 0.6 is 0 Å². The van der Waals surface area contributed by atoms with Crippen molar-refractivity contribution in [3.63, 3.8) is 0 Å². The number of halogens is 1. The summed E-state index contributed by atoms with van der Waals surface area (Å²) in [6.45, 7) is 2.99. The van der Waals surface area contributed by atoms with Crippen molar-refractivity contribution >= 4 is 33.4 Å². The number of H-pyrrole nitrogens is 2. The van der Waals surface area contributed by atoms with E-state index in [0.717, 1.165) is 56.4 Å². The minimum Gasteiger partial charge on any atom is -0.492 e. The highest BCUT2D eigenvalue weighted by atomic mass is 19.1. The van der Waals surface area contributed by atoms with E-state index in [4.69, 9.17) is 4.74 Å². The largest absolute Gasteiger partial charge is 0.492 e. The van der Waals surface area contributed by atoms with E-state index >= 15 is 0 Å². The summed E-state index contributed by atoms with van der Waals surface area (Å²) in [7, 11) is 3.93. The molecule has 42 heavy (non-hydrogen) atoms. The summed E-state index contributed by atoms with van der Waals surface area (Å²) in [6, 6.07) is 16.5. The predicted molar refractivity (Wildman–Crippen MR) is 163 cm³/mol. The molecule has 0 fully saturated rings. The van der Waals surface area contributed by atoms with Gasteiger partial charge in [0.05, 0.1) is 35.0 Å². The number of nitrogens with zero attached hydrogens (tertiary/aromatic N) is 4. The molecule has 6 rings (SSSR count). The molecule has 0 aliphatic carbocycles. The zero-order valence-electron chi connectivity index (χ0n) is 23.5. The van der Waals surface area contributed by atoms with Gasteiger partial charge in [0.15, 0.2) is 0 Å². The van der Waals surface area contributed by atoms with Gasteiger partial charge in [-0.3, -0.25) is 19.9 Å². The van der Waals surface area contributed by atoms with Gasteiger partial charge in [0, 0.05) is 47.1 Å². The van der Waals surface area contributed by atoms with Gasteiger partial charge in [-0.15, -0.1) is 0 Å². The lowest BCUT2D eigenvalue weighted by molar-refractivity contribution is -0.115. The summed E-state index contributed by atoms with van der Waals surface area (Å²) >= 11 is 0. The monoisotopic (exact) mass is 563 g/mol. The highest BCUT2D eigenvalue weighted by molar-refractivity contribution is 6.01. The van der Waals surface area contributed by atoms with Gasteiger partial charge in [0.25, 0.3) is 0 Å². The van der Waals surface area contributed by atoms with E-state index in [1.807, 2.05) is 61.5 Å². The van der Waals surface area contributed by atoms with Crippen LogP contribution in [0.5, 0.6) is 5.75 Å². The van der Waals surface area contributed by atoms with Crippen molar-refractivity contribution in [3.8, 4) is 39.5 Å². The molecule has 6 aromatic rings. The van der Waals surface area contributed by atoms with Gasteiger partial charge in [0.2, 0.25) is 5.91 Å². The third-order valence-corrected chi connectivity index (χ3v) is 6.99. The van der Waals surface area contributed by atoms with Crippen LogP contribution in [0.15, 0.2) is 73.2 Å². The van der Waals surface area contributed by atoms with Gasteiger partial charge in [-0.25, -0.2) is 4.39 Å². The van der Waals surface area contributed by atoms with Gasteiger partial charge >= 0.3 is 0 Å². The SMILES string of the molecule is CCC(=O)Nc1cncc(-c2cc3c(-c4cc5c(-c6cc(F)cc(OCCN(C)C)c6)cccc5[nH]4)n[nH]c3cn2)c1. The number of carbonyl (C=O) groups excluding carboxylic acids is 1. The van der Waals surface area contributed by atoms with Gasteiger partial charge in [-0.2, -0.15) is 5.10 Å². The van der Waals surface area contributed by atoms with Gasteiger partial charge in [-0.1, -0.05) is 19.1 Å². The fourth-order valence-electron chi connectivity index (χ4n) is 4.86. The number of hydrogen-bond acceptors (Lipinski definition) is 6. The predicted octanol–water partition coefficient (Wildman–Crippen LogP) is 6.26. The molecule has 0 saturated carbocycles. The second kappa shape index (κ2) is 11.4. The molecule has 0 spiro atoms. The minimum absolute atomic E-state index is 0.0843. The molecule has 10 heteroatoms. The number of ether oxygens (including phenoxy) is 1. The van der Waals surface area contributed by atoms with Crippen molar-refractivity contribution in [2.45, 2.75) is 13.3 Å². The summed E-state index contributed by atoms with van der Waals surface area (Å²) in [6.07, 6.45) is 5.43. The number of likely N-dealkylation sites (N-methyl/N-ethyl adjacent to an activating group) is 1. The van der Waals surface area contributed by atoms with Crippen molar-refractivity contribution in [3.05, 3.63) is 79.0 Å². The molecular weight excluding hydrogens is 533 g/mol. The van der Waals surface area contributed by atoms with Crippen LogP contribution in [0.1, 0.15) is 13.3 Å². The third kappa shape index (κ3) is 5.57. The summed E-state index contributed by atoms with van der Waals surface area (Å²) in [5.74, 6) is 0.0518. The van der Waals surface area contributed by atoms with E-state index < -0.39 is 0 Å². The van der Waals surface area contributed by atoms with Crippen LogP contribution in [0.4, 0.5) is 10.1 Å². The number of aromatic amines is 2. The zero-order chi connectivity index (χ0) is 29.2. The van der Waals surface area contributed by atoms with Crippen molar-refractivity contribution in [2.24, 2.45) is 0 Å².